The number of carbonyl (C=O) groups excluding carboxylic acids is 2. The van der Waals surface area contributed by atoms with E-state index < -0.39 is 0 Å². The number of benzene rings is 2. The van der Waals surface area contributed by atoms with Crippen molar-refractivity contribution in [3.8, 4) is 5.75 Å². The maximum Gasteiger partial charge on any atom is 0.265 e. The molecular formula is C24H25N3O3S2. The number of thiophene rings is 1. The molecule has 0 spiro atoms. The maximum atomic E-state index is 12.1. The van der Waals surface area contributed by atoms with E-state index in [9.17, 15) is 9.59 Å². The molecule has 3 N–H and O–H groups in total. The average Bonchev–Trinajstić information content (AvgIpc) is 3.28. The van der Waals surface area contributed by atoms with Gasteiger partial charge in [0.2, 0.25) is 0 Å². The quantitative estimate of drug-likeness (QED) is 0.435. The number of hydrogen-bond donors (Lipinski definition) is 3. The number of rotatable bonds is 6. The van der Waals surface area contributed by atoms with Gasteiger partial charge in [0.05, 0.1) is 4.88 Å². The van der Waals surface area contributed by atoms with Crippen molar-refractivity contribution in [2.24, 2.45) is 0 Å². The number of carbonyl (C=O) groups is 2. The summed E-state index contributed by atoms with van der Waals surface area (Å²) in [6.45, 7) is 6.27. The van der Waals surface area contributed by atoms with Crippen molar-refractivity contribution >= 4 is 51.9 Å². The van der Waals surface area contributed by atoms with Gasteiger partial charge in [-0.25, -0.2) is 0 Å². The van der Waals surface area contributed by atoms with Crippen LogP contribution in [0, 0.1) is 0 Å². The van der Waals surface area contributed by atoms with E-state index in [0.29, 0.717) is 22.0 Å². The van der Waals surface area contributed by atoms with Crippen molar-refractivity contribution in [2.45, 2.75) is 26.2 Å². The van der Waals surface area contributed by atoms with E-state index in [0.717, 1.165) is 0 Å². The van der Waals surface area contributed by atoms with E-state index in [1.165, 1.54) is 16.9 Å². The molecule has 1 heterocycles. The summed E-state index contributed by atoms with van der Waals surface area (Å²) in [7, 11) is 0. The highest BCUT2D eigenvalue weighted by molar-refractivity contribution is 7.80. The predicted octanol–water partition coefficient (Wildman–Crippen LogP) is 5.19. The molecule has 0 aliphatic carbocycles. The number of thiocarbonyl (C=S) groups is 1. The molecule has 3 aromatic rings. The smallest absolute Gasteiger partial charge is 0.265 e. The Morgan fingerprint density at radius 1 is 0.938 bits per heavy atom. The monoisotopic (exact) mass is 467 g/mol. The van der Waals surface area contributed by atoms with Gasteiger partial charge in [0.1, 0.15) is 5.75 Å². The minimum atomic E-state index is -0.359. The van der Waals surface area contributed by atoms with E-state index in [1.54, 1.807) is 30.3 Å². The zero-order valence-electron chi connectivity index (χ0n) is 18.1. The summed E-state index contributed by atoms with van der Waals surface area (Å²) in [4.78, 5) is 24.9. The summed E-state index contributed by atoms with van der Waals surface area (Å²) in [5.41, 5.74) is 2.59. The van der Waals surface area contributed by atoms with E-state index >= 15 is 0 Å². The molecule has 3 rings (SSSR count). The number of nitrogens with one attached hydrogen (secondary N) is 3. The van der Waals surface area contributed by atoms with Gasteiger partial charge in [-0.15, -0.1) is 11.3 Å². The van der Waals surface area contributed by atoms with Crippen molar-refractivity contribution in [3.63, 3.8) is 0 Å². The zero-order valence-corrected chi connectivity index (χ0v) is 19.7. The van der Waals surface area contributed by atoms with Crippen LogP contribution in [-0.4, -0.2) is 23.5 Å². The summed E-state index contributed by atoms with van der Waals surface area (Å²) < 4.78 is 5.53. The lowest BCUT2D eigenvalue weighted by atomic mass is 9.87. The fourth-order valence-electron chi connectivity index (χ4n) is 2.76. The second-order valence-corrected chi connectivity index (χ2v) is 9.43. The minimum absolute atomic E-state index is 0.0572. The van der Waals surface area contributed by atoms with Gasteiger partial charge in [-0.05, 0) is 71.0 Å². The van der Waals surface area contributed by atoms with Crippen LogP contribution in [0.1, 0.15) is 36.0 Å². The van der Waals surface area contributed by atoms with Crippen LogP contribution in [0.15, 0.2) is 66.0 Å². The van der Waals surface area contributed by atoms with Gasteiger partial charge in [-0.1, -0.05) is 39.0 Å². The first-order valence-electron chi connectivity index (χ1n) is 10.00. The van der Waals surface area contributed by atoms with Gasteiger partial charge in [0.15, 0.2) is 11.7 Å². The van der Waals surface area contributed by atoms with Gasteiger partial charge in [0, 0.05) is 11.4 Å². The fourth-order valence-corrected chi connectivity index (χ4v) is 3.61. The Bertz CT molecular complexity index is 1070. The average molecular weight is 468 g/mol. The normalized spacial score (nSPS) is 10.8. The first-order chi connectivity index (χ1) is 15.2. The summed E-state index contributed by atoms with van der Waals surface area (Å²) in [5, 5.41) is 10.4. The van der Waals surface area contributed by atoms with Crippen LogP contribution < -0.4 is 20.7 Å². The molecule has 2 amide bonds. The fraction of sp³-hybridized carbons (Fsp3) is 0.208. The first kappa shape index (κ1) is 23.4. The highest BCUT2D eigenvalue weighted by Crippen LogP contribution is 2.24. The van der Waals surface area contributed by atoms with Crippen molar-refractivity contribution in [1.82, 2.24) is 5.32 Å². The van der Waals surface area contributed by atoms with E-state index in [4.69, 9.17) is 17.0 Å². The zero-order chi connectivity index (χ0) is 23.1. The second kappa shape index (κ2) is 10.4. The van der Waals surface area contributed by atoms with Crippen LogP contribution in [0.2, 0.25) is 0 Å². The molecule has 0 atom stereocenters. The molecule has 0 radical (unpaired) electrons. The lowest BCUT2D eigenvalue weighted by Crippen LogP contribution is -2.37. The van der Waals surface area contributed by atoms with Gasteiger partial charge >= 0.3 is 0 Å². The van der Waals surface area contributed by atoms with Crippen molar-refractivity contribution in [1.29, 1.82) is 0 Å². The second-order valence-electron chi connectivity index (χ2n) is 8.07. The number of ether oxygens (including phenoxy) is 1. The van der Waals surface area contributed by atoms with Gasteiger partial charge in [0.25, 0.3) is 11.8 Å². The van der Waals surface area contributed by atoms with Crippen LogP contribution in [0.3, 0.4) is 0 Å². The highest BCUT2D eigenvalue weighted by atomic mass is 32.1. The Morgan fingerprint density at radius 2 is 1.56 bits per heavy atom. The topological polar surface area (TPSA) is 79.5 Å². The lowest BCUT2D eigenvalue weighted by molar-refractivity contribution is -0.121. The molecule has 6 nitrogen and oxygen atoms in total. The van der Waals surface area contributed by atoms with Crippen LogP contribution in [0.5, 0.6) is 5.75 Å². The molecule has 32 heavy (non-hydrogen) atoms. The lowest BCUT2D eigenvalue weighted by Gasteiger charge is -2.19. The van der Waals surface area contributed by atoms with Gasteiger partial charge in [-0.2, -0.15) is 0 Å². The van der Waals surface area contributed by atoms with Crippen LogP contribution in [-0.2, 0) is 10.2 Å². The van der Waals surface area contributed by atoms with Crippen molar-refractivity contribution in [2.75, 3.05) is 17.2 Å². The molecule has 0 bridgehead atoms. The van der Waals surface area contributed by atoms with Crippen LogP contribution in [0.25, 0.3) is 0 Å². The molecule has 0 aliphatic heterocycles. The van der Waals surface area contributed by atoms with Crippen LogP contribution in [0.4, 0.5) is 11.4 Å². The molecule has 0 saturated carbocycles. The van der Waals surface area contributed by atoms with E-state index in [-0.39, 0.29) is 28.9 Å². The molecule has 0 saturated heterocycles. The first-order valence-corrected chi connectivity index (χ1v) is 11.3. The van der Waals surface area contributed by atoms with E-state index in [1.807, 2.05) is 35.7 Å². The van der Waals surface area contributed by atoms with E-state index in [2.05, 4.69) is 36.7 Å². The predicted molar refractivity (Wildman–Crippen MR) is 134 cm³/mol. The van der Waals surface area contributed by atoms with Gasteiger partial charge < -0.3 is 15.4 Å². The molecule has 0 unspecified atom stereocenters. The van der Waals surface area contributed by atoms with Crippen LogP contribution >= 0.6 is 23.6 Å². The largest absolute Gasteiger partial charge is 0.484 e. The Labute approximate surface area is 197 Å². The Hall–Kier alpha value is -3.23. The highest BCUT2D eigenvalue weighted by Gasteiger charge is 2.13. The summed E-state index contributed by atoms with van der Waals surface area (Å²) >= 11 is 6.57. The molecule has 166 valence electrons. The SMILES string of the molecule is CC(C)(C)c1ccc(OCC(=O)NC(=S)Nc2ccc(NC(=O)c3cccs3)cc2)cc1. The summed E-state index contributed by atoms with van der Waals surface area (Å²) in [6, 6.07) is 18.3. The Kier molecular flexibility index (Phi) is 7.61. The molecule has 8 heteroatoms. The van der Waals surface area contributed by atoms with Crippen molar-refractivity contribution in [3.05, 3.63) is 76.5 Å². The third-order valence-corrected chi connectivity index (χ3v) is 5.56. The number of anilines is 2. The minimum Gasteiger partial charge on any atom is -0.484 e. The summed E-state index contributed by atoms with van der Waals surface area (Å²) in [6.07, 6.45) is 0. The van der Waals surface area contributed by atoms with Crippen molar-refractivity contribution < 1.29 is 14.3 Å². The Balaban J connectivity index is 1.43. The standard InChI is InChI=1S/C24H25N3O3S2/c1-24(2,3)16-6-12-19(13-7-16)30-15-21(28)27-23(31)26-18-10-8-17(9-11-18)25-22(29)20-5-4-14-32-20/h4-14H,15H2,1-3H3,(H,25,29)(H2,26,27,28,31). The molecule has 0 fully saturated rings. The Morgan fingerprint density at radius 3 is 2.12 bits per heavy atom. The third kappa shape index (κ3) is 6.90. The molecule has 1 aromatic heterocycles. The molecule has 0 aliphatic rings. The maximum absolute atomic E-state index is 12.1. The molecular weight excluding hydrogens is 442 g/mol. The molecule has 2 aromatic carbocycles. The summed E-state index contributed by atoms with van der Waals surface area (Å²) in [5.74, 6) is 0.103. The third-order valence-electron chi connectivity index (χ3n) is 4.49. The number of hydrogen-bond acceptors (Lipinski definition) is 5. The van der Waals surface area contributed by atoms with Gasteiger partial charge in [-0.3, -0.25) is 14.9 Å². The number of amides is 2.